The van der Waals surface area contributed by atoms with E-state index in [4.69, 9.17) is 10.2 Å². The van der Waals surface area contributed by atoms with Gasteiger partial charge in [0.2, 0.25) is 0 Å². The molecule has 0 aliphatic carbocycles. The maximum absolute atomic E-state index is 13.5. The normalized spacial score (nSPS) is 11.1. The van der Waals surface area contributed by atoms with E-state index in [-0.39, 0.29) is 12.4 Å². The SMILES string of the molecule is Nc1ccc2c(c1)oc(=O)n2Cc1cccc(F)c1Br. The van der Waals surface area contributed by atoms with Gasteiger partial charge in [-0.3, -0.25) is 4.57 Å². The number of nitrogens with zero attached hydrogens (tertiary/aromatic N) is 1. The molecule has 1 aromatic heterocycles. The first-order chi connectivity index (χ1) is 9.56. The molecule has 0 spiro atoms. The highest BCUT2D eigenvalue weighted by molar-refractivity contribution is 9.10. The molecule has 0 aliphatic rings. The van der Waals surface area contributed by atoms with E-state index in [0.717, 1.165) is 0 Å². The van der Waals surface area contributed by atoms with Crippen LogP contribution in [0.15, 0.2) is 50.1 Å². The molecule has 0 radical (unpaired) electrons. The molecule has 0 atom stereocenters. The van der Waals surface area contributed by atoms with Crippen LogP contribution in [0, 0.1) is 5.82 Å². The second kappa shape index (κ2) is 4.79. The number of anilines is 1. The molecule has 3 rings (SSSR count). The highest BCUT2D eigenvalue weighted by Gasteiger charge is 2.12. The molecular weight excluding hydrogens is 327 g/mol. The number of benzene rings is 2. The van der Waals surface area contributed by atoms with E-state index >= 15 is 0 Å². The van der Waals surface area contributed by atoms with Crippen LogP contribution in [0.2, 0.25) is 0 Å². The van der Waals surface area contributed by atoms with Crippen molar-refractivity contribution in [3.63, 3.8) is 0 Å². The van der Waals surface area contributed by atoms with Crippen LogP contribution in [-0.4, -0.2) is 4.57 Å². The van der Waals surface area contributed by atoms with Crippen LogP contribution in [0.25, 0.3) is 11.1 Å². The summed E-state index contributed by atoms with van der Waals surface area (Å²) in [7, 11) is 0. The van der Waals surface area contributed by atoms with Crippen LogP contribution >= 0.6 is 15.9 Å². The number of nitrogen functional groups attached to an aromatic ring is 1. The first-order valence-corrected chi connectivity index (χ1v) is 6.67. The van der Waals surface area contributed by atoms with Crippen molar-refractivity contribution in [3.05, 3.63) is 62.8 Å². The van der Waals surface area contributed by atoms with Crippen molar-refractivity contribution in [2.45, 2.75) is 6.54 Å². The van der Waals surface area contributed by atoms with Crippen LogP contribution in [0.4, 0.5) is 10.1 Å². The lowest BCUT2D eigenvalue weighted by molar-refractivity contribution is 0.516. The van der Waals surface area contributed by atoms with Crippen molar-refractivity contribution in [1.29, 1.82) is 0 Å². The van der Waals surface area contributed by atoms with E-state index < -0.39 is 5.76 Å². The Morgan fingerprint density at radius 2 is 2.10 bits per heavy atom. The second-order valence-corrected chi connectivity index (χ2v) is 5.19. The van der Waals surface area contributed by atoms with Crippen molar-refractivity contribution in [2.24, 2.45) is 0 Å². The number of rotatable bonds is 2. The van der Waals surface area contributed by atoms with Gasteiger partial charge in [0.1, 0.15) is 5.82 Å². The molecule has 20 heavy (non-hydrogen) atoms. The summed E-state index contributed by atoms with van der Waals surface area (Å²) in [6.07, 6.45) is 0. The molecule has 0 fully saturated rings. The third-order valence-corrected chi connectivity index (χ3v) is 3.94. The van der Waals surface area contributed by atoms with Gasteiger partial charge in [-0.2, -0.15) is 0 Å². The lowest BCUT2D eigenvalue weighted by Crippen LogP contribution is -2.15. The van der Waals surface area contributed by atoms with Gasteiger partial charge in [0.25, 0.3) is 0 Å². The Morgan fingerprint density at radius 3 is 2.90 bits per heavy atom. The van der Waals surface area contributed by atoms with Gasteiger partial charge in [-0.1, -0.05) is 12.1 Å². The maximum Gasteiger partial charge on any atom is 0.420 e. The summed E-state index contributed by atoms with van der Waals surface area (Å²) >= 11 is 3.19. The summed E-state index contributed by atoms with van der Waals surface area (Å²) in [5.74, 6) is -0.866. The first-order valence-electron chi connectivity index (χ1n) is 5.88. The van der Waals surface area contributed by atoms with Gasteiger partial charge in [0.15, 0.2) is 5.58 Å². The molecule has 3 aromatic rings. The summed E-state index contributed by atoms with van der Waals surface area (Å²) in [5.41, 5.74) is 7.87. The highest BCUT2D eigenvalue weighted by Crippen LogP contribution is 2.23. The first kappa shape index (κ1) is 12.9. The van der Waals surface area contributed by atoms with Gasteiger partial charge >= 0.3 is 5.76 Å². The van der Waals surface area contributed by atoms with Crippen molar-refractivity contribution >= 4 is 32.7 Å². The van der Waals surface area contributed by atoms with Crippen LogP contribution in [-0.2, 0) is 6.54 Å². The van der Waals surface area contributed by atoms with Gasteiger partial charge in [0.05, 0.1) is 16.5 Å². The second-order valence-electron chi connectivity index (χ2n) is 4.39. The summed E-state index contributed by atoms with van der Waals surface area (Å²) in [5, 5.41) is 0. The number of aromatic nitrogens is 1. The maximum atomic E-state index is 13.5. The third kappa shape index (κ3) is 2.12. The number of nitrogens with two attached hydrogens (primary N) is 1. The molecule has 0 saturated heterocycles. The molecule has 0 aliphatic heterocycles. The summed E-state index contributed by atoms with van der Waals surface area (Å²) in [4.78, 5) is 11.9. The van der Waals surface area contributed by atoms with E-state index in [0.29, 0.717) is 26.8 Å². The van der Waals surface area contributed by atoms with Crippen LogP contribution in [0.3, 0.4) is 0 Å². The lowest BCUT2D eigenvalue weighted by atomic mass is 10.2. The van der Waals surface area contributed by atoms with Crippen LogP contribution < -0.4 is 11.5 Å². The Labute approximate surface area is 121 Å². The largest absolute Gasteiger partial charge is 0.420 e. The number of hydrogen-bond acceptors (Lipinski definition) is 3. The zero-order valence-electron chi connectivity index (χ0n) is 10.3. The lowest BCUT2D eigenvalue weighted by Gasteiger charge is -2.06. The van der Waals surface area contributed by atoms with Crippen LogP contribution in [0.5, 0.6) is 0 Å². The summed E-state index contributed by atoms with van der Waals surface area (Å²) in [6, 6.07) is 9.69. The number of oxazole rings is 1. The predicted molar refractivity (Wildman–Crippen MR) is 78.1 cm³/mol. The molecule has 6 heteroatoms. The Bertz CT molecular complexity index is 854. The minimum atomic E-state index is -0.498. The molecule has 2 N–H and O–H groups in total. The molecule has 4 nitrogen and oxygen atoms in total. The molecule has 0 saturated carbocycles. The topological polar surface area (TPSA) is 61.2 Å². The standard InChI is InChI=1S/C14H10BrFN2O2/c15-13-8(2-1-3-10(13)16)7-18-11-5-4-9(17)6-12(11)20-14(18)19/h1-6H,7,17H2. The Morgan fingerprint density at radius 1 is 1.30 bits per heavy atom. The van der Waals surface area contributed by atoms with E-state index in [9.17, 15) is 9.18 Å². The van der Waals surface area contributed by atoms with E-state index in [1.165, 1.54) is 10.6 Å². The fourth-order valence-electron chi connectivity index (χ4n) is 2.07. The van der Waals surface area contributed by atoms with E-state index in [1.807, 2.05) is 0 Å². The van der Waals surface area contributed by atoms with Crippen molar-refractivity contribution in [1.82, 2.24) is 4.57 Å². The Hall–Kier alpha value is -2.08. The van der Waals surface area contributed by atoms with Crippen molar-refractivity contribution < 1.29 is 8.81 Å². The quantitative estimate of drug-likeness (QED) is 0.731. The molecule has 102 valence electrons. The Balaban J connectivity index is 2.13. The summed E-state index contributed by atoms with van der Waals surface area (Å²) in [6.45, 7) is 0.216. The minimum absolute atomic E-state index is 0.216. The molecule has 0 bridgehead atoms. The fourth-order valence-corrected chi connectivity index (χ4v) is 2.46. The monoisotopic (exact) mass is 336 g/mol. The smallest absolute Gasteiger partial charge is 0.408 e. The van der Waals surface area contributed by atoms with Gasteiger partial charge in [-0.15, -0.1) is 0 Å². The van der Waals surface area contributed by atoms with Gasteiger partial charge < -0.3 is 10.2 Å². The molecular formula is C14H10BrFN2O2. The third-order valence-electron chi connectivity index (χ3n) is 3.05. The number of hydrogen-bond donors (Lipinski definition) is 1. The average molecular weight is 337 g/mol. The zero-order chi connectivity index (χ0) is 14.3. The summed E-state index contributed by atoms with van der Waals surface area (Å²) < 4.78 is 20.4. The van der Waals surface area contributed by atoms with Crippen LogP contribution in [0.1, 0.15) is 5.56 Å². The average Bonchev–Trinajstić information content (AvgIpc) is 2.70. The molecule has 0 amide bonds. The Kier molecular flexibility index (Phi) is 3.10. The van der Waals surface area contributed by atoms with Gasteiger partial charge in [-0.25, -0.2) is 9.18 Å². The number of fused-ring (bicyclic) bond motifs is 1. The van der Waals surface area contributed by atoms with Crippen molar-refractivity contribution in [3.8, 4) is 0 Å². The minimum Gasteiger partial charge on any atom is -0.408 e. The molecule has 2 aromatic carbocycles. The predicted octanol–water partition coefficient (Wildman–Crippen LogP) is 3.13. The van der Waals surface area contributed by atoms with E-state index in [2.05, 4.69) is 15.9 Å². The van der Waals surface area contributed by atoms with E-state index in [1.54, 1.807) is 30.3 Å². The van der Waals surface area contributed by atoms with Crippen molar-refractivity contribution in [2.75, 3.05) is 5.73 Å². The van der Waals surface area contributed by atoms with Gasteiger partial charge in [0, 0.05) is 11.8 Å². The fraction of sp³-hybridized carbons (Fsp3) is 0.0714. The zero-order valence-corrected chi connectivity index (χ0v) is 11.9. The van der Waals surface area contributed by atoms with Gasteiger partial charge in [-0.05, 0) is 39.7 Å². The number of halogens is 2. The molecule has 0 unspecified atom stereocenters. The highest BCUT2D eigenvalue weighted by atomic mass is 79.9. The molecule has 1 heterocycles.